The van der Waals surface area contributed by atoms with Gasteiger partial charge in [0, 0.05) is 7.11 Å². The van der Waals surface area contributed by atoms with Crippen molar-refractivity contribution in [3.63, 3.8) is 0 Å². The van der Waals surface area contributed by atoms with Gasteiger partial charge in [0.15, 0.2) is 6.10 Å². The molecule has 1 saturated heterocycles. The van der Waals surface area contributed by atoms with Gasteiger partial charge in [0.05, 0.1) is 12.8 Å². The fourth-order valence-electron chi connectivity index (χ4n) is 1.96. The van der Waals surface area contributed by atoms with E-state index in [1.165, 1.54) is 19.1 Å². The van der Waals surface area contributed by atoms with Crippen LogP contribution in [0, 0.1) is 0 Å². The average molecular weight is 235 g/mol. The van der Waals surface area contributed by atoms with Gasteiger partial charge in [0.1, 0.15) is 18.1 Å². The van der Waals surface area contributed by atoms with Gasteiger partial charge in [0.25, 0.3) is 5.91 Å². The van der Waals surface area contributed by atoms with Crippen LogP contribution in [0.1, 0.15) is 0 Å². The van der Waals surface area contributed by atoms with Crippen LogP contribution in [0.25, 0.3) is 0 Å². The van der Waals surface area contributed by atoms with Crippen molar-refractivity contribution in [3.05, 3.63) is 24.3 Å². The zero-order chi connectivity index (χ0) is 12.4. The summed E-state index contributed by atoms with van der Waals surface area (Å²) < 4.78 is 10.1. The molecule has 1 aliphatic heterocycles. The number of β-lactam (4-membered cyclic amide) rings is 1. The smallest absolute Gasteiger partial charge is 0.259 e. The highest BCUT2D eigenvalue weighted by atomic mass is 16.5. The lowest BCUT2D eigenvalue weighted by molar-refractivity contribution is -0.142. The van der Waals surface area contributed by atoms with Crippen LogP contribution in [0.4, 0.5) is 5.69 Å². The molecule has 17 heavy (non-hydrogen) atoms. The summed E-state index contributed by atoms with van der Waals surface area (Å²) in [5.74, 6) is 0.330. The van der Waals surface area contributed by atoms with E-state index in [4.69, 9.17) is 9.47 Å². The first kappa shape index (κ1) is 11.6. The van der Waals surface area contributed by atoms with Crippen molar-refractivity contribution in [1.29, 1.82) is 0 Å². The number of hydrogen-bond acceptors (Lipinski definition) is 4. The standard InChI is InChI=1S/C12H13NO4/c1-16-10-6-4-3-5-8(10)13-9(7-14)11(17-2)12(13)15/h3-7,9,11H,1-2H3. The maximum Gasteiger partial charge on any atom is 0.259 e. The minimum absolute atomic E-state index is 0.228. The first-order valence-corrected chi connectivity index (χ1v) is 5.18. The fraction of sp³-hybridized carbons (Fsp3) is 0.333. The van der Waals surface area contributed by atoms with Crippen LogP contribution in [0.15, 0.2) is 24.3 Å². The molecule has 0 saturated carbocycles. The second-order valence-electron chi connectivity index (χ2n) is 3.66. The summed E-state index contributed by atoms with van der Waals surface area (Å²) in [6, 6.07) is 6.48. The number of para-hydroxylation sites is 2. The number of methoxy groups -OCH3 is 2. The summed E-state index contributed by atoms with van der Waals surface area (Å²) in [6.45, 7) is 0. The molecule has 1 aliphatic rings. The molecule has 1 heterocycles. The quantitative estimate of drug-likeness (QED) is 0.567. The van der Waals surface area contributed by atoms with E-state index in [9.17, 15) is 9.59 Å². The highest BCUT2D eigenvalue weighted by molar-refractivity contribution is 6.10. The van der Waals surface area contributed by atoms with Gasteiger partial charge in [-0.2, -0.15) is 0 Å². The van der Waals surface area contributed by atoms with Gasteiger partial charge in [0.2, 0.25) is 0 Å². The molecule has 1 aromatic carbocycles. The summed E-state index contributed by atoms with van der Waals surface area (Å²) >= 11 is 0. The summed E-state index contributed by atoms with van der Waals surface area (Å²) in [4.78, 5) is 24.2. The van der Waals surface area contributed by atoms with E-state index < -0.39 is 12.1 Å². The zero-order valence-electron chi connectivity index (χ0n) is 9.62. The third kappa shape index (κ3) is 1.68. The van der Waals surface area contributed by atoms with E-state index in [-0.39, 0.29) is 5.91 Å². The van der Waals surface area contributed by atoms with Crippen LogP contribution in [-0.2, 0) is 14.3 Å². The predicted molar refractivity (Wildman–Crippen MR) is 61.1 cm³/mol. The average Bonchev–Trinajstić information content (AvgIpc) is 2.36. The lowest BCUT2D eigenvalue weighted by atomic mass is 9.98. The van der Waals surface area contributed by atoms with Crippen molar-refractivity contribution in [3.8, 4) is 5.75 Å². The van der Waals surface area contributed by atoms with Gasteiger partial charge in [-0.3, -0.25) is 9.69 Å². The summed E-state index contributed by atoms with van der Waals surface area (Å²) in [5, 5.41) is 0. The molecule has 0 aliphatic carbocycles. The third-order valence-electron chi connectivity index (χ3n) is 2.83. The number of carbonyl (C=O) groups excluding carboxylic acids is 2. The number of benzene rings is 1. The van der Waals surface area contributed by atoms with E-state index in [1.807, 2.05) is 0 Å². The highest BCUT2D eigenvalue weighted by Crippen LogP contribution is 2.35. The Kier molecular flexibility index (Phi) is 3.10. The molecule has 5 nitrogen and oxygen atoms in total. The predicted octanol–water partition coefficient (Wildman–Crippen LogP) is 0.624. The lowest BCUT2D eigenvalue weighted by Crippen LogP contribution is -2.66. The Labute approximate surface area is 98.9 Å². The molecular weight excluding hydrogens is 222 g/mol. The molecule has 1 aromatic rings. The largest absolute Gasteiger partial charge is 0.495 e. The van der Waals surface area contributed by atoms with Crippen LogP contribution in [-0.4, -0.2) is 38.6 Å². The fourth-order valence-corrected chi connectivity index (χ4v) is 1.96. The van der Waals surface area contributed by atoms with Crippen LogP contribution in [0.3, 0.4) is 0 Å². The number of rotatable bonds is 4. The van der Waals surface area contributed by atoms with Gasteiger partial charge in [-0.25, -0.2) is 0 Å². The Morgan fingerprint density at radius 1 is 1.29 bits per heavy atom. The van der Waals surface area contributed by atoms with Crippen LogP contribution in [0.2, 0.25) is 0 Å². The SMILES string of the molecule is COc1ccccc1N1C(=O)C(OC)C1C=O. The Morgan fingerprint density at radius 2 is 2.00 bits per heavy atom. The monoisotopic (exact) mass is 235 g/mol. The Balaban J connectivity index is 2.34. The summed E-state index contributed by atoms with van der Waals surface area (Å²) in [5.41, 5.74) is 0.588. The van der Waals surface area contributed by atoms with Crippen molar-refractivity contribution in [2.24, 2.45) is 0 Å². The number of carbonyl (C=O) groups is 2. The van der Waals surface area contributed by atoms with Gasteiger partial charge in [-0.15, -0.1) is 0 Å². The number of ether oxygens (including phenoxy) is 2. The van der Waals surface area contributed by atoms with E-state index in [0.29, 0.717) is 17.7 Å². The number of anilines is 1. The minimum Gasteiger partial charge on any atom is -0.495 e. The molecule has 0 aromatic heterocycles. The highest BCUT2D eigenvalue weighted by Gasteiger charge is 2.49. The molecule has 0 bridgehead atoms. The molecule has 90 valence electrons. The topological polar surface area (TPSA) is 55.8 Å². The Bertz CT molecular complexity index is 446. The second-order valence-corrected chi connectivity index (χ2v) is 3.66. The van der Waals surface area contributed by atoms with Crippen molar-refractivity contribution < 1.29 is 19.1 Å². The number of hydrogen-bond donors (Lipinski definition) is 0. The molecule has 0 radical (unpaired) electrons. The minimum atomic E-state index is -0.683. The van der Waals surface area contributed by atoms with Gasteiger partial charge in [-0.05, 0) is 12.1 Å². The van der Waals surface area contributed by atoms with Crippen molar-refractivity contribution in [1.82, 2.24) is 0 Å². The third-order valence-corrected chi connectivity index (χ3v) is 2.83. The second kappa shape index (κ2) is 4.55. The molecule has 0 spiro atoms. The maximum atomic E-state index is 11.8. The van der Waals surface area contributed by atoms with Gasteiger partial charge in [-0.1, -0.05) is 12.1 Å². The molecular formula is C12H13NO4. The summed E-state index contributed by atoms with van der Waals surface area (Å²) in [6.07, 6.45) is 0.0274. The van der Waals surface area contributed by atoms with Crippen molar-refractivity contribution >= 4 is 17.9 Å². The molecule has 5 heteroatoms. The molecule has 2 unspecified atom stereocenters. The van der Waals surface area contributed by atoms with E-state index in [1.54, 1.807) is 24.3 Å². The van der Waals surface area contributed by atoms with E-state index in [0.717, 1.165) is 0 Å². The zero-order valence-corrected chi connectivity index (χ0v) is 9.62. The first-order chi connectivity index (χ1) is 8.24. The normalized spacial score (nSPS) is 23.2. The van der Waals surface area contributed by atoms with Gasteiger partial charge < -0.3 is 14.3 Å². The van der Waals surface area contributed by atoms with Crippen LogP contribution >= 0.6 is 0 Å². The lowest BCUT2D eigenvalue weighted by Gasteiger charge is -2.43. The Morgan fingerprint density at radius 3 is 2.59 bits per heavy atom. The molecule has 1 fully saturated rings. The summed E-state index contributed by atoms with van der Waals surface area (Å²) in [7, 11) is 2.94. The number of nitrogens with zero attached hydrogens (tertiary/aromatic N) is 1. The molecule has 2 atom stereocenters. The van der Waals surface area contributed by atoms with Gasteiger partial charge >= 0.3 is 0 Å². The number of amides is 1. The first-order valence-electron chi connectivity index (χ1n) is 5.18. The molecule has 0 N–H and O–H groups in total. The van der Waals surface area contributed by atoms with Crippen LogP contribution in [0.5, 0.6) is 5.75 Å². The van der Waals surface area contributed by atoms with Crippen LogP contribution < -0.4 is 9.64 Å². The van der Waals surface area contributed by atoms with E-state index in [2.05, 4.69) is 0 Å². The van der Waals surface area contributed by atoms with E-state index >= 15 is 0 Å². The number of aldehydes is 1. The Hall–Kier alpha value is -1.88. The maximum absolute atomic E-state index is 11.8. The van der Waals surface area contributed by atoms with Crippen molar-refractivity contribution in [2.45, 2.75) is 12.1 Å². The molecule has 1 amide bonds. The molecule has 2 rings (SSSR count). The van der Waals surface area contributed by atoms with Crippen molar-refractivity contribution in [2.75, 3.05) is 19.1 Å².